The second-order valence-electron chi connectivity index (χ2n) is 7.51. The molecule has 0 saturated carbocycles. The Labute approximate surface area is 199 Å². The summed E-state index contributed by atoms with van der Waals surface area (Å²) in [6.07, 6.45) is 0. The van der Waals surface area contributed by atoms with Crippen LogP contribution in [0.1, 0.15) is 13.7 Å². The Morgan fingerprint density at radius 3 is 1.28 bits per heavy atom. The number of benzene rings is 5. The van der Waals surface area contributed by atoms with Crippen molar-refractivity contribution in [3.8, 4) is 11.4 Å². The van der Waals surface area contributed by atoms with Crippen molar-refractivity contribution in [3.05, 3.63) is 121 Å². The van der Waals surface area contributed by atoms with E-state index >= 15 is 0 Å². The average molecular weight is 419 g/mol. The van der Waals surface area contributed by atoms with E-state index in [4.69, 9.17) is 13.7 Å². The summed E-state index contributed by atoms with van der Waals surface area (Å²) in [5, 5.41) is 2.95. The van der Waals surface area contributed by atoms with Crippen LogP contribution in [0.15, 0.2) is 121 Å². The van der Waals surface area contributed by atoms with Gasteiger partial charge >= 0.3 is 0 Å². The van der Waals surface area contributed by atoms with E-state index in [2.05, 4.69) is 0 Å². The molecule has 0 bridgehead atoms. The maximum atomic E-state index is 8.81. The summed E-state index contributed by atoms with van der Waals surface area (Å²) >= 11 is 0. The Bertz CT molecular complexity index is 2100. The first kappa shape index (κ1) is 10.3. The monoisotopic (exact) mass is 418 g/mol. The molecular weight excluding hydrogens is 388 g/mol. The molecule has 0 spiro atoms. The van der Waals surface area contributed by atoms with Gasteiger partial charge in [0.05, 0.1) is 35.8 Å². The van der Waals surface area contributed by atoms with Gasteiger partial charge in [0.25, 0.3) is 0 Å². The van der Waals surface area contributed by atoms with Crippen molar-refractivity contribution < 1.29 is 13.7 Å². The van der Waals surface area contributed by atoms with Crippen molar-refractivity contribution in [2.24, 2.45) is 0 Å². The third-order valence-corrected chi connectivity index (χ3v) is 5.89. The molecule has 0 saturated heterocycles. The third-order valence-electron chi connectivity index (χ3n) is 5.89. The largest absolute Gasteiger partial charge is 0.307 e. The van der Waals surface area contributed by atoms with Crippen LogP contribution in [0.3, 0.4) is 0 Å². The fourth-order valence-electron chi connectivity index (χ4n) is 4.68. The Kier molecular flexibility index (Phi) is 2.13. The van der Waals surface area contributed by atoms with Crippen LogP contribution in [0.25, 0.3) is 55.0 Å². The number of nitrogens with zero attached hydrogens (tertiary/aromatic N) is 2. The molecule has 0 aliphatic rings. The Hall–Kier alpha value is -4.30. The highest BCUT2D eigenvalue weighted by molar-refractivity contribution is 6.23. The second-order valence-corrected chi connectivity index (χ2v) is 7.51. The molecule has 150 valence electrons. The van der Waals surface area contributed by atoms with Gasteiger partial charge in [-0.2, -0.15) is 0 Å². The van der Waals surface area contributed by atoms with E-state index in [1.54, 1.807) is 33.4 Å². The normalized spacial score (nSPS) is 16.1. The summed E-state index contributed by atoms with van der Waals surface area (Å²) in [6, 6.07) is 14.0. The summed E-state index contributed by atoms with van der Waals surface area (Å²) in [5.41, 5.74) is 2.06. The number of hydrogen-bond donors (Lipinski definition) is 0. The molecule has 2 heteroatoms. The zero-order valence-corrected chi connectivity index (χ0v) is 16.7. The van der Waals surface area contributed by atoms with Crippen molar-refractivity contribution in [1.82, 2.24) is 9.13 Å². The van der Waals surface area contributed by atoms with E-state index in [0.717, 1.165) is 10.8 Å². The fourth-order valence-corrected chi connectivity index (χ4v) is 4.68. The van der Waals surface area contributed by atoms with Gasteiger partial charge in [-0.05, 0) is 36.3 Å². The lowest BCUT2D eigenvalue weighted by molar-refractivity contribution is 1.15. The van der Waals surface area contributed by atoms with Crippen LogP contribution in [0, 0.1) is 0 Å². The number of rotatable bonds is 2. The summed E-state index contributed by atoms with van der Waals surface area (Å²) in [7, 11) is 0. The molecule has 7 aromatic rings. The van der Waals surface area contributed by atoms with E-state index in [-0.39, 0.29) is 35.5 Å². The van der Waals surface area contributed by atoms with Gasteiger partial charge in [0, 0.05) is 32.9 Å². The molecule has 5 aromatic carbocycles. The smallest absolute Gasteiger partial charge is 0.0788 e. The molecule has 0 amide bonds. The predicted molar refractivity (Wildman–Crippen MR) is 135 cm³/mol. The maximum absolute atomic E-state index is 8.81. The van der Waals surface area contributed by atoms with Crippen LogP contribution >= 0.6 is 0 Å². The summed E-state index contributed by atoms with van der Waals surface area (Å²) in [4.78, 5) is 0. The van der Waals surface area contributed by atoms with Gasteiger partial charge in [0.1, 0.15) is 0 Å². The summed E-state index contributed by atoms with van der Waals surface area (Å²) in [6.45, 7) is 0. The van der Waals surface area contributed by atoms with Gasteiger partial charge in [-0.15, -0.1) is 0 Å². The SMILES string of the molecule is [2H]c1c([2H])c([2H])c(-n2c3ccccc3c3ccc4c5ccccc5n(-c5c([2H])c([2H])c([2H])c([2H])c5[2H])c4c32)c([2H])c1[2H]. The highest BCUT2D eigenvalue weighted by atomic mass is 15.0. The minimum atomic E-state index is -0.507. The van der Waals surface area contributed by atoms with Crippen molar-refractivity contribution in [2.75, 3.05) is 0 Å². The number of fused-ring (bicyclic) bond motifs is 7. The van der Waals surface area contributed by atoms with Crippen molar-refractivity contribution in [3.63, 3.8) is 0 Å². The average Bonchev–Trinajstić information content (AvgIpc) is 3.51. The molecule has 7 rings (SSSR count). The highest BCUT2D eigenvalue weighted by Crippen LogP contribution is 2.41. The van der Waals surface area contributed by atoms with Gasteiger partial charge in [-0.25, -0.2) is 0 Å². The summed E-state index contributed by atoms with van der Waals surface area (Å²) < 4.78 is 88.3. The van der Waals surface area contributed by atoms with E-state index < -0.39 is 36.3 Å². The van der Waals surface area contributed by atoms with Crippen LogP contribution in [-0.2, 0) is 0 Å². The lowest BCUT2D eigenvalue weighted by Gasteiger charge is -2.12. The minimum absolute atomic E-state index is 0.0439. The summed E-state index contributed by atoms with van der Waals surface area (Å²) in [5.74, 6) is 0. The number of aromatic nitrogens is 2. The Morgan fingerprint density at radius 1 is 0.438 bits per heavy atom. The molecule has 0 radical (unpaired) electrons. The molecular formula is C30H20N2. The highest BCUT2D eigenvalue weighted by Gasteiger charge is 2.20. The van der Waals surface area contributed by atoms with Gasteiger partial charge in [0.15, 0.2) is 0 Å². The van der Waals surface area contributed by atoms with E-state index in [1.807, 2.05) is 36.4 Å². The van der Waals surface area contributed by atoms with Crippen LogP contribution in [-0.4, -0.2) is 9.13 Å². The van der Waals surface area contributed by atoms with Gasteiger partial charge < -0.3 is 9.13 Å². The van der Waals surface area contributed by atoms with Crippen LogP contribution < -0.4 is 0 Å². The minimum Gasteiger partial charge on any atom is -0.307 e. The zero-order chi connectivity index (χ0) is 29.8. The molecule has 2 heterocycles. The van der Waals surface area contributed by atoms with Crippen LogP contribution in [0.2, 0.25) is 0 Å². The van der Waals surface area contributed by atoms with Crippen molar-refractivity contribution in [2.45, 2.75) is 0 Å². The molecule has 0 fully saturated rings. The predicted octanol–water partition coefficient (Wildman–Crippen LogP) is 7.88. The first-order chi connectivity index (χ1) is 20.1. The lowest BCUT2D eigenvalue weighted by atomic mass is 10.1. The Balaban J connectivity index is 1.83. The van der Waals surface area contributed by atoms with Crippen LogP contribution in [0.4, 0.5) is 0 Å². The third kappa shape index (κ3) is 2.29. The molecule has 0 atom stereocenters. The van der Waals surface area contributed by atoms with Crippen LogP contribution in [0.5, 0.6) is 0 Å². The molecule has 0 aliphatic heterocycles. The van der Waals surface area contributed by atoms with E-state index in [9.17, 15) is 0 Å². The van der Waals surface area contributed by atoms with Crippen molar-refractivity contribution in [1.29, 1.82) is 0 Å². The zero-order valence-electron chi connectivity index (χ0n) is 26.7. The molecule has 0 unspecified atom stereocenters. The molecule has 0 N–H and O–H groups in total. The molecule has 2 aromatic heterocycles. The first-order valence-electron chi connectivity index (χ1n) is 15.2. The molecule has 0 aliphatic carbocycles. The number of hydrogen-bond acceptors (Lipinski definition) is 0. The molecule has 2 nitrogen and oxygen atoms in total. The number of para-hydroxylation sites is 4. The van der Waals surface area contributed by atoms with E-state index in [1.165, 1.54) is 0 Å². The van der Waals surface area contributed by atoms with Crippen molar-refractivity contribution >= 4 is 43.6 Å². The van der Waals surface area contributed by atoms with Gasteiger partial charge in [-0.1, -0.05) is 84.8 Å². The van der Waals surface area contributed by atoms with Gasteiger partial charge in [0.2, 0.25) is 0 Å². The van der Waals surface area contributed by atoms with Gasteiger partial charge in [-0.3, -0.25) is 0 Å². The second kappa shape index (κ2) is 6.60. The maximum Gasteiger partial charge on any atom is 0.0788 e. The lowest BCUT2D eigenvalue weighted by Crippen LogP contribution is -1.98. The topological polar surface area (TPSA) is 9.86 Å². The standard InChI is InChI=1S/C30H20N2/c1-3-11-21(12-4-1)31-27-17-9-7-15-23(27)25-19-20-26-24-16-8-10-18-28(24)32(30(26)29(25)31)22-13-5-2-6-14-22/h1-20H/i1D,2D,3D,4D,5D,6D,11D,12D,13D,14D. The fraction of sp³-hybridized carbons (Fsp3) is 0. The Morgan fingerprint density at radius 2 is 0.844 bits per heavy atom. The van der Waals surface area contributed by atoms with E-state index in [0.29, 0.717) is 32.8 Å². The molecule has 32 heavy (non-hydrogen) atoms. The quantitative estimate of drug-likeness (QED) is 0.270. The first-order valence-corrected chi connectivity index (χ1v) is 10.2.